The van der Waals surface area contributed by atoms with E-state index in [1.807, 2.05) is 0 Å². The summed E-state index contributed by atoms with van der Waals surface area (Å²) in [5, 5.41) is 4.91. The van der Waals surface area contributed by atoms with Crippen molar-refractivity contribution < 1.29 is 0 Å². The van der Waals surface area contributed by atoms with Gasteiger partial charge in [-0.2, -0.15) is 0 Å². The molecular formula is C52H40N2. The third-order valence-electron chi connectivity index (χ3n) is 10.3. The van der Waals surface area contributed by atoms with Crippen molar-refractivity contribution in [2.24, 2.45) is 0 Å². The summed E-state index contributed by atoms with van der Waals surface area (Å²) >= 11 is 0. The largest absolute Gasteiger partial charge is 0.310 e. The minimum Gasteiger partial charge on any atom is -0.310 e. The highest BCUT2D eigenvalue weighted by molar-refractivity contribution is 6.00. The van der Waals surface area contributed by atoms with Gasteiger partial charge in [-0.05, 0) is 119 Å². The van der Waals surface area contributed by atoms with Crippen LogP contribution in [0.2, 0.25) is 0 Å². The van der Waals surface area contributed by atoms with Gasteiger partial charge in [0.2, 0.25) is 0 Å². The molecule has 9 rings (SSSR count). The van der Waals surface area contributed by atoms with Crippen molar-refractivity contribution in [2.45, 2.75) is 13.8 Å². The standard InChI is InChI=1S/C52H40N2/c1-37-11-7-17-47(35-37)53(51-21-9-15-43-13-3-5-19-49(43)51)45-31-27-41(28-32-45)39-23-25-40(26-24-39)42-29-33-46(34-30-42)54(48-18-8-12-38(2)36-48)52-22-10-16-44-14-4-6-20-50(44)52/h3-36H,1-2H3. The van der Waals surface area contributed by atoms with Crippen molar-refractivity contribution >= 4 is 55.7 Å². The van der Waals surface area contributed by atoms with Gasteiger partial charge in [-0.15, -0.1) is 0 Å². The number of fused-ring (bicyclic) bond motifs is 2. The fraction of sp³-hybridized carbons (Fsp3) is 0.0385. The average molecular weight is 693 g/mol. The molecule has 0 heterocycles. The average Bonchev–Trinajstić information content (AvgIpc) is 3.22. The highest BCUT2D eigenvalue weighted by atomic mass is 15.1. The lowest BCUT2D eigenvalue weighted by Crippen LogP contribution is -2.10. The van der Waals surface area contributed by atoms with Gasteiger partial charge >= 0.3 is 0 Å². The molecule has 2 heteroatoms. The zero-order chi connectivity index (χ0) is 36.4. The second kappa shape index (κ2) is 14.3. The smallest absolute Gasteiger partial charge is 0.0540 e. The van der Waals surface area contributed by atoms with E-state index in [0.29, 0.717) is 0 Å². The maximum absolute atomic E-state index is 2.37. The quantitative estimate of drug-likeness (QED) is 0.156. The first kappa shape index (κ1) is 33.0. The van der Waals surface area contributed by atoms with Gasteiger partial charge in [-0.25, -0.2) is 0 Å². The summed E-state index contributed by atoms with van der Waals surface area (Å²) in [4.78, 5) is 4.73. The van der Waals surface area contributed by atoms with Crippen LogP contribution in [-0.2, 0) is 0 Å². The Hall–Kier alpha value is -6.90. The second-order valence-corrected chi connectivity index (χ2v) is 14.0. The predicted molar refractivity (Wildman–Crippen MR) is 231 cm³/mol. The number of rotatable bonds is 8. The van der Waals surface area contributed by atoms with Gasteiger partial charge in [-0.1, -0.05) is 146 Å². The van der Waals surface area contributed by atoms with Crippen molar-refractivity contribution in [1.82, 2.24) is 0 Å². The van der Waals surface area contributed by atoms with Crippen LogP contribution in [0.5, 0.6) is 0 Å². The van der Waals surface area contributed by atoms with Crippen LogP contribution in [0.1, 0.15) is 11.1 Å². The molecule has 0 unspecified atom stereocenters. The van der Waals surface area contributed by atoms with Gasteiger partial charge in [0.05, 0.1) is 11.4 Å². The monoisotopic (exact) mass is 692 g/mol. The van der Waals surface area contributed by atoms with Crippen molar-refractivity contribution in [3.8, 4) is 22.3 Å². The fourth-order valence-electron chi connectivity index (χ4n) is 7.66. The Morgan fingerprint density at radius 2 is 0.611 bits per heavy atom. The van der Waals surface area contributed by atoms with E-state index in [0.717, 1.165) is 22.7 Å². The lowest BCUT2D eigenvalue weighted by Gasteiger charge is -2.27. The highest BCUT2D eigenvalue weighted by Gasteiger charge is 2.17. The van der Waals surface area contributed by atoms with E-state index in [2.05, 4.69) is 230 Å². The molecule has 0 aliphatic rings. The number of benzene rings is 9. The highest BCUT2D eigenvalue weighted by Crippen LogP contribution is 2.41. The number of hydrogen-bond acceptors (Lipinski definition) is 2. The van der Waals surface area contributed by atoms with Gasteiger partial charge in [-0.3, -0.25) is 0 Å². The second-order valence-electron chi connectivity index (χ2n) is 14.0. The Morgan fingerprint density at radius 3 is 1.00 bits per heavy atom. The number of nitrogens with zero attached hydrogens (tertiary/aromatic N) is 2. The van der Waals surface area contributed by atoms with E-state index in [1.54, 1.807) is 0 Å². The molecule has 0 aromatic heterocycles. The molecule has 54 heavy (non-hydrogen) atoms. The third-order valence-corrected chi connectivity index (χ3v) is 10.3. The Bertz CT molecular complexity index is 2530. The van der Waals surface area contributed by atoms with E-state index >= 15 is 0 Å². The number of anilines is 6. The van der Waals surface area contributed by atoms with Crippen LogP contribution in [0.25, 0.3) is 43.8 Å². The van der Waals surface area contributed by atoms with Crippen LogP contribution in [0.15, 0.2) is 206 Å². The lowest BCUT2D eigenvalue weighted by molar-refractivity contribution is 1.28. The molecule has 0 N–H and O–H groups in total. The van der Waals surface area contributed by atoms with E-state index < -0.39 is 0 Å². The summed E-state index contributed by atoms with van der Waals surface area (Å²) in [6.45, 7) is 4.30. The molecule has 2 nitrogen and oxygen atoms in total. The fourth-order valence-corrected chi connectivity index (χ4v) is 7.66. The van der Waals surface area contributed by atoms with E-state index in [-0.39, 0.29) is 0 Å². The Morgan fingerprint density at radius 1 is 0.278 bits per heavy atom. The molecule has 0 aliphatic heterocycles. The topological polar surface area (TPSA) is 6.48 Å². The molecule has 258 valence electrons. The van der Waals surface area contributed by atoms with E-state index in [9.17, 15) is 0 Å². The Kier molecular flexibility index (Phi) is 8.70. The summed E-state index contributed by atoms with van der Waals surface area (Å²) in [5.41, 5.74) is 14.1. The van der Waals surface area contributed by atoms with Gasteiger partial charge in [0.25, 0.3) is 0 Å². The van der Waals surface area contributed by atoms with Crippen molar-refractivity contribution in [3.63, 3.8) is 0 Å². The molecular weight excluding hydrogens is 653 g/mol. The van der Waals surface area contributed by atoms with Crippen LogP contribution in [0.4, 0.5) is 34.1 Å². The zero-order valence-corrected chi connectivity index (χ0v) is 30.5. The molecule has 0 saturated heterocycles. The minimum atomic E-state index is 1.13. The molecule has 0 saturated carbocycles. The number of aryl methyl sites for hydroxylation is 2. The van der Waals surface area contributed by atoms with Gasteiger partial charge in [0.15, 0.2) is 0 Å². The molecule has 0 fully saturated rings. The van der Waals surface area contributed by atoms with Crippen molar-refractivity contribution in [3.05, 3.63) is 217 Å². The summed E-state index contributed by atoms with van der Waals surface area (Å²) in [7, 11) is 0. The van der Waals surface area contributed by atoms with Crippen molar-refractivity contribution in [2.75, 3.05) is 9.80 Å². The summed E-state index contributed by atoms with van der Waals surface area (Å²) < 4.78 is 0. The molecule has 0 amide bonds. The molecule has 0 atom stereocenters. The zero-order valence-electron chi connectivity index (χ0n) is 30.5. The first-order valence-corrected chi connectivity index (χ1v) is 18.6. The predicted octanol–water partition coefficient (Wildman–Crippen LogP) is 14.9. The van der Waals surface area contributed by atoms with Crippen molar-refractivity contribution in [1.29, 1.82) is 0 Å². The maximum atomic E-state index is 2.37. The number of hydrogen-bond donors (Lipinski definition) is 0. The molecule has 0 aliphatic carbocycles. The van der Waals surface area contributed by atoms with Crippen LogP contribution in [-0.4, -0.2) is 0 Å². The van der Waals surface area contributed by atoms with E-state index in [4.69, 9.17) is 0 Å². The van der Waals surface area contributed by atoms with Gasteiger partial charge < -0.3 is 9.80 Å². The van der Waals surface area contributed by atoms with Gasteiger partial charge in [0, 0.05) is 33.5 Å². The van der Waals surface area contributed by atoms with Gasteiger partial charge in [0.1, 0.15) is 0 Å². The molecule has 0 spiro atoms. The Labute approximate surface area is 317 Å². The van der Waals surface area contributed by atoms with Crippen LogP contribution >= 0.6 is 0 Å². The molecule has 0 bridgehead atoms. The summed E-state index contributed by atoms with van der Waals surface area (Å²) in [6, 6.07) is 74.6. The van der Waals surface area contributed by atoms with Crippen LogP contribution < -0.4 is 9.80 Å². The molecule has 9 aromatic carbocycles. The third kappa shape index (κ3) is 6.40. The first-order chi connectivity index (χ1) is 26.6. The molecule has 9 aromatic rings. The van der Waals surface area contributed by atoms with Crippen LogP contribution in [0, 0.1) is 13.8 Å². The first-order valence-electron chi connectivity index (χ1n) is 18.6. The maximum Gasteiger partial charge on any atom is 0.0540 e. The lowest BCUT2D eigenvalue weighted by atomic mass is 9.99. The van der Waals surface area contributed by atoms with E-state index in [1.165, 1.54) is 66.3 Å². The molecule has 0 radical (unpaired) electrons. The van der Waals surface area contributed by atoms with Crippen LogP contribution in [0.3, 0.4) is 0 Å². The summed E-state index contributed by atoms with van der Waals surface area (Å²) in [6.07, 6.45) is 0. The minimum absolute atomic E-state index is 1.13. The normalized spacial score (nSPS) is 11.1. The SMILES string of the molecule is Cc1cccc(N(c2ccc(-c3ccc(-c4ccc(N(c5cccc(C)c5)c5cccc6ccccc56)cc4)cc3)cc2)c2cccc3ccccc23)c1. The Balaban J connectivity index is 1.01. The summed E-state index contributed by atoms with van der Waals surface area (Å²) in [5.74, 6) is 0.